The summed E-state index contributed by atoms with van der Waals surface area (Å²) in [5, 5.41) is 0. The number of fused-ring (bicyclic) bond motifs is 5. The number of rotatable bonds is 14. The summed E-state index contributed by atoms with van der Waals surface area (Å²) in [6, 6.07) is 55.5. The Morgan fingerprint density at radius 2 is 0.634 bits per heavy atom. The number of aryl methyl sites for hydroxylation is 1. The Morgan fingerprint density at radius 3 is 1.02 bits per heavy atom. The van der Waals surface area contributed by atoms with Crippen molar-refractivity contribution < 1.29 is 61.1 Å². The molecule has 0 saturated heterocycles. The summed E-state index contributed by atoms with van der Waals surface area (Å²) in [5.41, 5.74) is 45.7. The van der Waals surface area contributed by atoms with Gasteiger partial charge in [0.05, 0.1) is 146 Å². The van der Waals surface area contributed by atoms with E-state index in [4.69, 9.17) is 28.7 Å². The number of halogens is 3. The van der Waals surface area contributed by atoms with Gasteiger partial charge in [0.1, 0.15) is 28.5 Å². The van der Waals surface area contributed by atoms with Gasteiger partial charge in [0, 0.05) is 85.7 Å². The number of aromatic amines is 5. The molecule has 42 heteroatoms. The highest BCUT2D eigenvalue weighted by atomic mass is 32.2. The van der Waals surface area contributed by atoms with Crippen LogP contribution in [0.2, 0.25) is 0 Å². The third kappa shape index (κ3) is 19.8. The number of imidazole rings is 5. The van der Waals surface area contributed by atoms with Gasteiger partial charge in [0.25, 0.3) is 0 Å². The number of hydrogen-bond donors (Lipinski definition) is 10. The van der Waals surface area contributed by atoms with Crippen molar-refractivity contribution in [1.82, 2.24) is 110 Å². The number of benzene rings is 8. The molecular weight excluding hydrogens is 1760 g/mol. The van der Waals surface area contributed by atoms with Gasteiger partial charge in [-0.1, -0.05) is 84.9 Å². The zero-order valence-electron chi connectivity index (χ0n) is 69.3. The first-order chi connectivity index (χ1) is 62.5. The van der Waals surface area contributed by atoms with Crippen LogP contribution in [0.4, 0.5) is 42.3 Å². The minimum absolute atomic E-state index is 0. The van der Waals surface area contributed by atoms with Crippen molar-refractivity contribution in [3.63, 3.8) is 0 Å². The maximum Gasteiger partial charge on any atom is 0.416 e. The number of H-pyrrole nitrogens is 5. The number of sulfone groups is 4. The number of pyridine rings is 2. The molecule has 20 aromatic rings. The van der Waals surface area contributed by atoms with Gasteiger partial charge in [0.15, 0.2) is 97.6 Å². The number of alkyl halides is 3. The zero-order chi connectivity index (χ0) is 92.4. The molecule has 0 unspecified atom stereocenters. The second-order valence-electron chi connectivity index (χ2n) is 29.4. The lowest BCUT2D eigenvalue weighted by atomic mass is 10.1. The van der Waals surface area contributed by atoms with E-state index < -0.39 is 51.1 Å². The van der Waals surface area contributed by atoms with Crippen molar-refractivity contribution in [3.05, 3.63) is 267 Å². The molecule has 12 heterocycles. The zero-order valence-corrected chi connectivity index (χ0v) is 72.5. The summed E-state index contributed by atoms with van der Waals surface area (Å²) in [7, 11) is -13.2. The molecule has 0 fully saturated rings. The SMILES string of the molecule is CS(=O)(=O)c1ccc(-c2cnc(N)c(-c3nc4ccc(C(F)(F)F)cc4[nH]3)n2)cc1.CS(=O)(=O)c1ccc(-c2cnc(N)c(-c3nc4ccncc4[nH]3)n2)cc1.CS(=O)(=O)c1cccc(-c2cnc(N)c(-c3nc4ccccc4[nH]3)n2)c1.Cc1cccc2[nH]c(-c3nc(-c4ccc(S(C)(=O)=O)cc4)cnc3N)nc12.Nc1ncc(-c2cccnc2)nc1-c1nc2ccccc2[nH]1.[HH].[HH].[HH].[HH].[HH].[HH].[HH].[HH].[HH].[HH]. The molecule has 676 valence electrons. The van der Waals surface area contributed by atoms with Crippen LogP contribution < -0.4 is 28.7 Å². The smallest absolute Gasteiger partial charge is 0.382 e. The predicted molar refractivity (Wildman–Crippen MR) is 514 cm³/mol. The number of nitrogens with one attached hydrogen (secondary N) is 5. The van der Waals surface area contributed by atoms with Crippen LogP contribution in [0.25, 0.3) is 169 Å². The Balaban J connectivity index is 0.000000266. The first-order valence-corrected chi connectivity index (χ1v) is 46.5. The number of nitrogens with zero attached hydrogens (tertiary/aromatic N) is 17. The summed E-state index contributed by atoms with van der Waals surface area (Å²) in [4.78, 5) is 90.6. The maximum absolute atomic E-state index is 12.9. The van der Waals surface area contributed by atoms with E-state index in [1.165, 1.54) is 61.5 Å². The molecule has 0 aliphatic heterocycles. The molecule has 12 aromatic heterocycles. The Bertz CT molecular complexity index is 8210. The molecular formula is C89H92F3N27O8S4. The van der Waals surface area contributed by atoms with Gasteiger partial charge in [-0.2, -0.15) is 13.2 Å². The highest BCUT2D eigenvalue weighted by Crippen LogP contribution is 2.36. The molecule has 20 rings (SSSR count). The molecule has 0 saturated carbocycles. The van der Waals surface area contributed by atoms with Crippen LogP contribution in [0.3, 0.4) is 0 Å². The lowest BCUT2D eigenvalue weighted by Crippen LogP contribution is -2.04. The molecule has 0 atom stereocenters. The van der Waals surface area contributed by atoms with Crippen LogP contribution in [-0.2, 0) is 45.5 Å². The molecule has 131 heavy (non-hydrogen) atoms. The highest BCUT2D eigenvalue weighted by molar-refractivity contribution is 7.91. The normalized spacial score (nSPS) is 11.8. The summed E-state index contributed by atoms with van der Waals surface area (Å²) >= 11 is 0. The standard InChI is InChI=1S/C19H14F3N5O2S.C19H17N5O2S.C18H15N5O2S.C17H14N6O2S.C16H12N6.10H2/c1-30(28,29)12-5-2-10(3-6-12)15-9-24-17(23)16(25-15)18-26-13-7-4-11(19(20,21)22)8-14(13)27-18;1-11-4-3-5-14-16(11)24-19(23-14)17-18(20)21-10-15(22-17)12-6-8-13(9-7-12)27(2,25)26;1-26(24,25)12-6-4-5-11(9-12)15-10-20-17(19)16(21-15)18-22-13-7-2-3-8-14(13)23-18;1-26(24,25)11-4-2-10(3-5-11)13-9-20-16(18)15(21-13)17-22-12-6-7-19-8-14(12)23-17;17-15-14(16-21-11-5-1-2-6-12(11)22-16)20-13(9-19-15)10-4-3-7-18-8-10;;;;;;;;;;/h2-9H,1H3,(H2,23,24)(H,26,27);3-10H,1-2H3,(H2,20,21)(H,23,24);2-10H,1H3,(H2,19,20)(H,22,23);2-9H,1H3,(H2,18,20)(H,22,23);1-9H,(H2,17,19)(H,21,22);10*1H. The van der Waals surface area contributed by atoms with Crippen molar-refractivity contribution in [1.29, 1.82) is 0 Å². The van der Waals surface area contributed by atoms with Crippen LogP contribution in [0, 0.1) is 6.92 Å². The number of anilines is 5. The topological polar surface area (TPSA) is 565 Å². The van der Waals surface area contributed by atoms with Gasteiger partial charge in [-0.25, -0.2) is 108 Å². The van der Waals surface area contributed by atoms with Gasteiger partial charge >= 0.3 is 6.18 Å². The Kier molecular flexibility index (Phi) is 23.9. The first kappa shape index (κ1) is 87.9. The van der Waals surface area contributed by atoms with Crippen LogP contribution in [0.1, 0.15) is 25.4 Å². The van der Waals surface area contributed by atoms with E-state index in [-0.39, 0.29) is 74.2 Å². The summed E-state index contributed by atoms with van der Waals surface area (Å²) in [5.74, 6) is 3.46. The molecule has 0 radical (unpaired) electrons. The van der Waals surface area contributed by atoms with E-state index in [9.17, 15) is 46.8 Å². The van der Waals surface area contributed by atoms with Crippen LogP contribution >= 0.6 is 0 Å². The molecule has 8 aromatic carbocycles. The third-order valence-corrected chi connectivity index (χ3v) is 24.5. The molecule has 0 bridgehead atoms. The lowest BCUT2D eigenvalue weighted by Gasteiger charge is -2.06. The molecule has 0 spiro atoms. The van der Waals surface area contributed by atoms with Gasteiger partial charge < -0.3 is 53.6 Å². The first-order valence-electron chi connectivity index (χ1n) is 39.0. The number of nitrogen functional groups attached to an aromatic ring is 5. The fourth-order valence-electron chi connectivity index (χ4n) is 13.3. The van der Waals surface area contributed by atoms with Crippen molar-refractivity contribution in [2.24, 2.45) is 0 Å². The number of nitrogens with two attached hydrogens (primary N) is 5. The van der Waals surface area contributed by atoms with Gasteiger partial charge in [-0.3, -0.25) is 9.97 Å². The Hall–Kier alpha value is -16.6. The van der Waals surface area contributed by atoms with Gasteiger partial charge in [0.2, 0.25) is 0 Å². The fraction of sp³-hybridized carbons (Fsp3) is 0.0674. The van der Waals surface area contributed by atoms with Gasteiger partial charge in [-0.05, 0) is 128 Å². The van der Waals surface area contributed by atoms with Crippen molar-refractivity contribution in [3.8, 4) is 114 Å². The molecule has 35 nitrogen and oxygen atoms in total. The minimum atomic E-state index is -4.48. The summed E-state index contributed by atoms with van der Waals surface area (Å²) in [6.45, 7) is 1.99. The Morgan fingerprint density at radius 1 is 0.290 bits per heavy atom. The van der Waals surface area contributed by atoms with Crippen molar-refractivity contribution >= 4 is 124 Å². The second-order valence-corrected chi connectivity index (χ2v) is 37.5. The minimum Gasteiger partial charge on any atom is -0.382 e. The summed E-state index contributed by atoms with van der Waals surface area (Å²) in [6.07, 6.45) is 14.6. The second kappa shape index (κ2) is 35.7. The quantitative estimate of drug-likeness (QED) is 0.0483. The Labute approximate surface area is 757 Å². The molecule has 0 aliphatic rings. The van der Waals surface area contributed by atoms with Crippen molar-refractivity contribution in [2.75, 3.05) is 53.7 Å². The van der Waals surface area contributed by atoms with E-state index in [1.807, 2.05) is 85.8 Å². The number of para-hydroxylation sites is 5. The van der Waals surface area contributed by atoms with E-state index in [1.54, 1.807) is 122 Å². The maximum atomic E-state index is 12.9. The van der Waals surface area contributed by atoms with E-state index in [0.29, 0.717) is 97.0 Å². The van der Waals surface area contributed by atoms with Crippen LogP contribution in [-0.4, -0.2) is 168 Å². The largest absolute Gasteiger partial charge is 0.416 e. The van der Waals surface area contributed by atoms with E-state index in [0.717, 1.165) is 84.8 Å². The fourth-order valence-corrected chi connectivity index (χ4v) is 15.8. The third-order valence-electron chi connectivity index (χ3n) is 20.0. The van der Waals surface area contributed by atoms with Crippen molar-refractivity contribution in [2.45, 2.75) is 32.7 Å². The average Bonchev–Trinajstić information content (AvgIpc) is 1.63. The molecule has 0 aliphatic carbocycles. The van der Waals surface area contributed by atoms with E-state index >= 15 is 0 Å². The molecule has 15 N–H and O–H groups in total. The average molecular weight is 1850 g/mol. The van der Waals surface area contributed by atoms with Crippen LogP contribution in [0.5, 0.6) is 0 Å². The number of aromatic nitrogens is 22. The monoisotopic (exact) mass is 1850 g/mol. The van der Waals surface area contributed by atoms with Crippen LogP contribution in [0.15, 0.2) is 276 Å². The van der Waals surface area contributed by atoms with E-state index in [2.05, 4.69) is 110 Å². The molecule has 0 amide bonds. The summed E-state index contributed by atoms with van der Waals surface area (Å²) < 4.78 is 132. The highest BCUT2D eigenvalue weighted by Gasteiger charge is 2.31. The van der Waals surface area contributed by atoms with Gasteiger partial charge in [-0.15, -0.1) is 0 Å². The number of hydrogen-bond acceptors (Lipinski definition) is 30. The predicted octanol–water partition coefficient (Wildman–Crippen LogP) is 16.5. The lowest BCUT2D eigenvalue weighted by molar-refractivity contribution is -0.137.